The van der Waals surface area contributed by atoms with Gasteiger partial charge < -0.3 is 9.47 Å². The molecular formula is C21H19Cl2NO3S2. The maximum Gasteiger partial charge on any atom is 0.270 e. The number of nitrogens with zero attached hydrogens (tertiary/aromatic N) is 1. The predicted molar refractivity (Wildman–Crippen MR) is 125 cm³/mol. The number of carbonyl (C=O) groups is 1. The Morgan fingerprint density at radius 1 is 1.14 bits per heavy atom. The first kappa shape index (κ1) is 22.0. The number of hydrogen-bond donors (Lipinski definition) is 0. The number of halogens is 2. The number of carbonyl (C=O) groups excluding carboxylic acids is 1. The first-order chi connectivity index (χ1) is 13.8. The summed E-state index contributed by atoms with van der Waals surface area (Å²) in [6.45, 7) is 4.76. The Hall–Kier alpha value is -1.73. The fraction of sp³-hybridized carbons (Fsp3) is 0.238. The van der Waals surface area contributed by atoms with Gasteiger partial charge in [-0.3, -0.25) is 9.69 Å². The number of benzene rings is 2. The van der Waals surface area contributed by atoms with Crippen molar-refractivity contribution in [2.24, 2.45) is 5.92 Å². The van der Waals surface area contributed by atoms with Crippen molar-refractivity contribution in [1.29, 1.82) is 0 Å². The summed E-state index contributed by atoms with van der Waals surface area (Å²) in [6.07, 6.45) is 1.78. The van der Waals surface area contributed by atoms with Gasteiger partial charge in [0, 0.05) is 0 Å². The van der Waals surface area contributed by atoms with Gasteiger partial charge in [-0.25, -0.2) is 0 Å². The first-order valence-corrected chi connectivity index (χ1v) is 10.8. The van der Waals surface area contributed by atoms with Gasteiger partial charge in [-0.15, -0.1) is 0 Å². The van der Waals surface area contributed by atoms with Gasteiger partial charge in [-0.1, -0.05) is 67.1 Å². The summed E-state index contributed by atoms with van der Waals surface area (Å²) in [5.41, 5.74) is 1.40. The molecule has 0 saturated carbocycles. The zero-order chi connectivity index (χ0) is 21.1. The number of thiocarbonyl (C=S) groups is 1. The minimum atomic E-state index is -0.211. The maximum atomic E-state index is 12.9. The van der Waals surface area contributed by atoms with Crippen LogP contribution in [0.4, 0.5) is 5.69 Å². The van der Waals surface area contributed by atoms with Crippen LogP contribution in [0.2, 0.25) is 10.0 Å². The summed E-state index contributed by atoms with van der Waals surface area (Å²) < 4.78 is 11.6. The van der Waals surface area contributed by atoms with Crippen molar-refractivity contribution in [3.63, 3.8) is 0 Å². The number of anilines is 1. The maximum absolute atomic E-state index is 12.9. The Bertz CT molecular complexity index is 992. The molecule has 1 aliphatic rings. The topological polar surface area (TPSA) is 38.8 Å². The second-order valence-corrected chi connectivity index (χ2v) is 9.22. The van der Waals surface area contributed by atoms with E-state index in [0.717, 1.165) is 5.56 Å². The monoisotopic (exact) mass is 467 g/mol. The van der Waals surface area contributed by atoms with Crippen LogP contribution < -0.4 is 14.4 Å². The molecule has 0 spiro atoms. The van der Waals surface area contributed by atoms with Gasteiger partial charge in [0.15, 0.2) is 15.8 Å². The van der Waals surface area contributed by atoms with E-state index >= 15 is 0 Å². The lowest BCUT2D eigenvalue weighted by Gasteiger charge is -2.15. The SMILES string of the molecule is COc1cc(/C=C2/SC(=S)N(c3ccc(Cl)c(Cl)c3)C2=O)ccc1OCC(C)C. The van der Waals surface area contributed by atoms with Crippen molar-refractivity contribution >= 4 is 69.2 Å². The van der Waals surface area contributed by atoms with Crippen molar-refractivity contribution in [2.75, 3.05) is 18.6 Å². The Balaban J connectivity index is 1.86. The minimum Gasteiger partial charge on any atom is -0.493 e. The number of hydrogen-bond acceptors (Lipinski definition) is 5. The second kappa shape index (κ2) is 9.39. The van der Waals surface area contributed by atoms with Gasteiger partial charge >= 0.3 is 0 Å². The van der Waals surface area contributed by atoms with E-state index in [-0.39, 0.29) is 5.91 Å². The van der Waals surface area contributed by atoms with Crippen LogP contribution in [0.15, 0.2) is 41.3 Å². The highest BCUT2D eigenvalue weighted by Crippen LogP contribution is 2.38. The zero-order valence-electron chi connectivity index (χ0n) is 16.1. The third-order valence-corrected chi connectivity index (χ3v) is 6.05. The van der Waals surface area contributed by atoms with Crippen LogP contribution in [-0.2, 0) is 4.79 Å². The Labute approximate surface area is 189 Å². The van der Waals surface area contributed by atoms with Crippen molar-refractivity contribution in [3.05, 3.63) is 56.9 Å². The summed E-state index contributed by atoms with van der Waals surface area (Å²) in [7, 11) is 1.59. The highest BCUT2D eigenvalue weighted by Gasteiger charge is 2.33. The lowest BCUT2D eigenvalue weighted by Crippen LogP contribution is -2.27. The summed E-state index contributed by atoms with van der Waals surface area (Å²) in [5.74, 6) is 1.47. The minimum absolute atomic E-state index is 0.211. The molecule has 2 aromatic carbocycles. The lowest BCUT2D eigenvalue weighted by atomic mass is 10.1. The molecule has 2 aromatic rings. The molecule has 152 valence electrons. The van der Waals surface area contributed by atoms with Crippen LogP contribution in [0.1, 0.15) is 19.4 Å². The largest absolute Gasteiger partial charge is 0.493 e. The van der Waals surface area contributed by atoms with E-state index in [2.05, 4.69) is 13.8 Å². The van der Waals surface area contributed by atoms with Gasteiger partial charge in [0.05, 0.1) is 34.4 Å². The molecule has 4 nitrogen and oxygen atoms in total. The van der Waals surface area contributed by atoms with Crippen molar-refractivity contribution in [2.45, 2.75) is 13.8 Å². The van der Waals surface area contributed by atoms with E-state index in [1.54, 1.807) is 31.4 Å². The molecule has 0 N–H and O–H groups in total. The number of thioether (sulfide) groups is 1. The van der Waals surface area contributed by atoms with E-state index in [4.69, 9.17) is 44.9 Å². The molecule has 0 radical (unpaired) electrons. The Morgan fingerprint density at radius 2 is 1.90 bits per heavy atom. The average Bonchev–Trinajstić information content (AvgIpc) is 2.96. The van der Waals surface area contributed by atoms with Crippen molar-refractivity contribution < 1.29 is 14.3 Å². The first-order valence-electron chi connectivity index (χ1n) is 8.84. The summed E-state index contributed by atoms with van der Waals surface area (Å²) >= 11 is 18.7. The van der Waals surface area contributed by atoms with Crippen molar-refractivity contribution in [3.8, 4) is 11.5 Å². The second-order valence-electron chi connectivity index (χ2n) is 6.73. The molecule has 3 rings (SSSR count). The van der Waals surface area contributed by atoms with Gasteiger partial charge in [0.25, 0.3) is 5.91 Å². The highest BCUT2D eigenvalue weighted by atomic mass is 35.5. The van der Waals surface area contributed by atoms with Gasteiger partial charge in [0.1, 0.15) is 0 Å². The summed E-state index contributed by atoms with van der Waals surface area (Å²) in [4.78, 5) is 14.9. The molecule has 0 atom stereocenters. The number of methoxy groups -OCH3 is 1. The molecule has 0 aromatic heterocycles. The van der Waals surface area contributed by atoms with Gasteiger partial charge in [-0.05, 0) is 47.9 Å². The molecular weight excluding hydrogens is 449 g/mol. The normalized spacial score (nSPS) is 15.5. The predicted octanol–water partition coefficient (Wildman–Crippen LogP) is 6.44. The lowest BCUT2D eigenvalue weighted by molar-refractivity contribution is -0.113. The molecule has 1 fully saturated rings. The molecule has 1 aliphatic heterocycles. The molecule has 1 heterocycles. The van der Waals surface area contributed by atoms with Crippen LogP contribution >= 0.6 is 47.2 Å². The number of ether oxygens (including phenoxy) is 2. The van der Waals surface area contributed by atoms with Gasteiger partial charge in [0.2, 0.25) is 0 Å². The number of amides is 1. The third-order valence-electron chi connectivity index (χ3n) is 4.01. The van der Waals surface area contributed by atoms with Gasteiger partial charge in [-0.2, -0.15) is 0 Å². The van der Waals surface area contributed by atoms with E-state index < -0.39 is 0 Å². The van der Waals surface area contributed by atoms with E-state index in [1.807, 2.05) is 18.2 Å². The fourth-order valence-corrected chi connectivity index (χ4v) is 4.21. The molecule has 0 aliphatic carbocycles. The third kappa shape index (κ3) is 5.07. The van der Waals surface area contributed by atoms with Crippen molar-refractivity contribution in [1.82, 2.24) is 0 Å². The zero-order valence-corrected chi connectivity index (χ0v) is 19.2. The van der Waals surface area contributed by atoms with Crippen LogP contribution in [0.5, 0.6) is 11.5 Å². The summed E-state index contributed by atoms with van der Waals surface area (Å²) in [6, 6.07) is 10.5. The number of rotatable bonds is 6. The van der Waals surface area contributed by atoms with Crippen LogP contribution in [0.3, 0.4) is 0 Å². The summed E-state index contributed by atoms with van der Waals surface area (Å²) in [5, 5.41) is 0.784. The Morgan fingerprint density at radius 3 is 2.55 bits per heavy atom. The fourth-order valence-electron chi connectivity index (χ4n) is 2.62. The van der Waals surface area contributed by atoms with Crippen LogP contribution in [-0.4, -0.2) is 23.9 Å². The molecule has 0 unspecified atom stereocenters. The molecule has 1 amide bonds. The van der Waals surface area contributed by atoms with E-state index in [0.29, 0.717) is 49.0 Å². The standard InChI is InChI=1S/C21H19Cl2NO3S2/c1-12(2)11-27-17-7-4-13(8-18(17)26-3)9-19-20(25)24(21(28)29-19)14-5-6-15(22)16(23)10-14/h4-10,12H,11H2,1-3H3/b19-9+. The molecule has 1 saturated heterocycles. The van der Waals surface area contributed by atoms with E-state index in [9.17, 15) is 4.79 Å². The van der Waals surface area contributed by atoms with Crippen LogP contribution in [0.25, 0.3) is 6.08 Å². The van der Waals surface area contributed by atoms with Crippen LogP contribution in [0, 0.1) is 5.92 Å². The smallest absolute Gasteiger partial charge is 0.270 e. The Kier molecular flexibility index (Phi) is 7.11. The van der Waals surface area contributed by atoms with E-state index in [1.165, 1.54) is 16.7 Å². The molecule has 29 heavy (non-hydrogen) atoms. The quantitative estimate of drug-likeness (QED) is 0.360. The highest BCUT2D eigenvalue weighted by molar-refractivity contribution is 8.27. The molecule has 8 heteroatoms. The molecule has 0 bridgehead atoms. The average molecular weight is 468 g/mol.